The molecule has 2 aromatic carbocycles. The van der Waals surface area contributed by atoms with Gasteiger partial charge < -0.3 is 9.47 Å². The summed E-state index contributed by atoms with van der Waals surface area (Å²) in [5, 5.41) is 5.31. The van der Waals surface area contributed by atoms with E-state index in [2.05, 4.69) is 40.1 Å². The van der Waals surface area contributed by atoms with Crippen LogP contribution in [-0.2, 0) is 20.0 Å². The van der Waals surface area contributed by atoms with Crippen LogP contribution < -0.4 is 0 Å². The number of aryl methyl sites for hydroxylation is 2. The van der Waals surface area contributed by atoms with E-state index in [1.54, 1.807) is 7.05 Å². The number of carbonyl (C=O) groups is 1. The number of aromatic nitrogens is 3. The Balaban J connectivity index is 1.56. The van der Waals surface area contributed by atoms with E-state index in [1.807, 2.05) is 42.2 Å². The molecule has 1 fully saturated rings. The molecule has 1 aliphatic rings. The molecule has 5 rings (SSSR count). The van der Waals surface area contributed by atoms with E-state index in [-0.39, 0.29) is 17.5 Å². The first-order valence-electron chi connectivity index (χ1n) is 10.7. The van der Waals surface area contributed by atoms with Crippen molar-refractivity contribution in [2.24, 2.45) is 7.05 Å². The summed E-state index contributed by atoms with van der Waals surface area (Å²) in [5.74, 6) is -0.819. The molecular formula is C25H25FN4O. The molecule has 4 aromatic rings. The Hall–Kier alpha value is -3.41. The number of amides is 1. The van der Waals surface area contributed by atoms with Gasteiger partial charge in [0.05, 0.1) is 11.2 Å². The van der Waals surface area contributed by atoms with Gasteiger partial charge >= 0.3 is 0 Å². The van der Waals surface area contributed by atoms with Crippen molar-refractivity contribution in [1.82, 2.24) is 19.2 Å². The fraction of sp³-hybridized carbons (Fsp3) is 0.280. The van der Waals surface area contributed by atoms with Crippen molar-refractivity contribution < 1.29 is 9.18 Å². The van der Waals surface area contributed by atoms with Crippen molar-refractivity contribution in [1.29, 1.82) is 0 Å². The van der Waals surface area contributed by atoms with Gasteiger partial charge in [-0.2, -0.15) is 9.49 Å². The average molecular weight is 417 g/mol. The van der Waals surface area contributed by atoms with Crippen LogP contribution in [0.5, 0.6) is 0 Å². The largest absolute Gasteiger partial charge is 0.331 e. The van der Waals surface area contributed by atoms with Gasteiger partial charge in [-0.25, -0.2) is 4.68 Å². The molecule has 1 saturated carbocycles. The minimum Gasteiger partial charge on any atom is -0.331 e. The third-order valence-corrected chi connectivity index (χ3v) is 6.02. The summed E-state index contributed by atoms with van der Waals surface area (Å²) >= 11 is 0. The summed E-state index contributed by atoms with van der Waals surface area (Å²) in [4.78, 5) is 15.3. The van der Waals surface area contributed by atoms with Gasteiger partial charge in [-0.15, -0.1) is 0 Å². The second-order valence-electron chi connectivity index (χ2n) is 8.13. The number of halogens is 1. The molecule has 0 spiro atoms. The molecule has 0 atom stereocenters. The fourth-order valence-corrected chi connectivity index (χ4v) is 4.27. The molecule has 2 heterocycles. The Kier molecular flexibility index (Phi) is 4.85. The maximum Gasteiger partial charge on any atom is 0.260 e. The predicted molar refractivity (Wildman–Crippen MR) is 119 cm³/mol. The van der Waals surface area contributed by atoms with Crippen LogP contribution in [0.1, 0.15) is 41.4 Å². The Morgan fingerprint density at radius 3 is 2.55 bits per heavy atom. The Labute approximate surface area is 180 Å². The molecule has 0 N–H and O–H groups in total. The first kappa shape index (κ1) is 19.5. The standard InChI is InChI=1S/C25H25FN4O/c1-3-21-23(24(26)28(2)27-21)25(31)30(19-13-14-19)16-17-15-29(18-9-5-4-6-10-18)22-12-8-7-11-20(17)22/h4-12,15,19H,3,13-14,16H2,1-2H3. The molecule has 1 aliphatic carbocycles. The molecule has 0 bridgehead atoms. The Bertz CT molecular complexity index is 1250. The summed E-state index contributed by atoms with van der Waals surface area (Å²) < 4.78 is 18.1. The third kappa shape index (κ3) is 3.42. The van der Waals surface area contributed by atoms with E-state index >= 15 is 0 Å². The van der Waals surface area contributed by atoms with E-state index in [9.17, 15) is 9.18 Å². The van der Waals surface area contributed by atoms with Crippen molar-refractivity contribution in [2.75, 3.05) is 0 Å². The topological polar surface area (TPSA) is 43.1 Å². The number of para-hydroxylation sites is 2. The van der Waals surface area contributed by atoms with Gasteiger partial charge in [-0.1, -0.05) is 43.3 Å². The van der Waals surface area contributed by atoms with Gasteiger partial charge in [0.25, 0.3) is 5.91 Å². The summed E-state index contributed by atoms with van der Waals surface area (Å²) in [5.41, 5.74) is 3.85. The molecule has 2 aromatic heterocycles. The highest BCUT2D eigenvalue weighted by Crippen LogP contribution is 2.33. The van der Waals surface area contributed by atoms with Crippen LogP contribution in [-0.4, -0.2) is 31.2 Å². The Morgan fingerprint density at radius 2 is 1.84 bits per heavy atom. The second-order valence-corrected chi connectivity index (χ2v) is 8.13. The zero-order valence-corrected chi connectivity index (χ0v) is 17.8. The van der Waals surface area contributed by atoms with Crippen LogP contribution in [0.3, 0.4) is 0 Å². The van der Waals surface area contributed by atoms with Crippen molar-refractivity contribution in [3.05, 3.63) is 83.6 Å². The number of hydrogen-bond acceptors (Lipinski definition) is 2. The molecule has 0 unspecified atom stereocenters. The third-order valence-electron chi connectivity index (χ3n) is 6.02. The Morgan fingerprint density at radius 1 is 1.13 bits per heavy atom. The van der Waals surface area contributed by atoms with Crippen molar-refractivity contribution in [2.45, 2.75) is 38.8 Å². The van der Waals surface area contributed by atoms with Gasteiger partial charge in [0.1, 0.15) is 5.56 Å². The van der Waals surface area contributed by atoms with Crippen LogP contribution in [0, 0.1) is 5.95 Å². The number of nitrogens with zero attached hydrogens (tertiary/aromatic N) is 4. The molecule has 31 heavy (non-hydrogen) atoms. The second kappa shape index (κ2) is 7.69. The van der Waals surface area contributed by atoms with Gasteiger partial charge in [-0.05, 0) is 43.0 Å². The zero-order valence-electron chi connectivity index (χ0n) is 17.8. The van der Waals surface area contributed by atoms with Gasteiger partial charge in [-0.3, -0.25) is 4.79 Å². The van der Waals surface area contributed by atoms with E-state index in [1.165, 1.54) is 4.68 Å². The number of rotatable bonds is 6. The van der Waals surface area contributed by atoms with Crippen LogP contribution in [0.25, 0.3) is 16.6 Å². The quantitative estimate of drug-likeness (QED) is 0.450. The lowest BCUT2D eigenvalue weighted by atomic mass is 10.1. The lowest BCUT2D eigenvalue weighted by molar-refractivity contribution is 0.0724. The first-order chi connectivity index (χ1) is 15.1. The highest BCUT2D eigenvalue weighted by molar-refractivity contribution is 5.96. The van der Waals surface area contributed by atoms with E-state index in [4.69, 9.17) is 0 Å². The minimum absolute atomic E-state index is 0.115. The summed E-state index contributed by atoms with van der Waals surface area (Å²) in [6, 6.07) is 18.5. The van der Waals surface area contributed by atoms with Crippen molar-refractivity contribution in [3.8, 4) is 5.69 Å². The molecular weight excluding hydrogens is 391 g/mol. The molecule has 0 radical (unpaired) electrons. The molecule has 6 heteroatoms. The molecule has 0 aliphatic heterocycles. The number of hydrogen-bond donors (Lipinski definition) is 0. The fourth-order valence-electron chi connectivity index (χ4n) is 4.27. The number of carbonyl (C=O) groups excluding carboxylic acids is 1. The lowest BCUT2D eigenvalue weighted by Crippen LogP contribution is -2.33. The van der Waals surface area contributed by atoms with Gasteiger partial charge in [0.15, 0.2) is 0 Å². The van der Waals surface area contributed by atoms with Crippen LogP contribution in [0.4, 0.5) is 4.39 Å². The maximum atomic E-state index is 14.8. The zero-order chi connectivity index (χ0) is 21.5. The van der Waals surface area contributed by atoms with Crippen molar-refractivity contribution >= 4 is 16.8 Å². The first-order valence-corrected chi connectivity index (χ1v) is 10.7. The van der Waals surface area contributed by atoms with Crippen LogP contribution in [0.2, 0.25) is 0 Å². The molecule has 1 amide bonds. The van der Waals surface area contributed by atoms with Crippen LogP contribution in [0.15, 0.2) is 60.8 Å². The normalized spacial score (nSPS) is 13.6. The number of fused-ring (bicyclic) bond motifs is 1. The monoisotopic (exact) mass is 416 g/mol. The molecule has 158 valence electrons. The van der Waals surface area contributed by atoms with E-state index < -0.39 is 5.95 Å². The molecule has 5 nitrogen and oxygen atoms in total. The van der Waals surface area contributed by atoms with Crippen LogP contribution >= 0.6 is 0 Å². The SMILES string of the molecule is CCc1nn(C)c(F)c1C(=O)N(Cc1cn(-c2ccccc2)c2ccccc12)C1CC1. The highest BCUT2D eigenvalue weighted by Gasteiger charge is 2.36. The number of benzene rings is 2. The summed E-state index contributed by atoms with van der Waals surface area (Å²) in [6.45, 7) is 2.34. The smallest absolute Gasteiger partial charge is 0.260 e. The molecule has 0 saturated heterocycles. The predicted octanol–water partition coefficient (Wildman–Crippen LogP) is 4.87. The lowest BCUT2D eigenvalue weighted by Gasteiger charge is -2.22. The maximum absolute atomic E-state index is 14.8. The van der Waals surface area contributed by atoms with Gasteiger partial charge in [0.2, 0.25) is 5.95 Å². The summed E-state index contributed by atoms with van der Waals surface area (Å²) in [6.07, 6.45) is 4.52. The average Bonchev–Trinajstić information content (AvgIpc) is 3.51. The summed E-state index contributed by atoms with van der Waals surface area (Å²) in [7, 11) is 1.54. The van der Waals surface area contributed by atoms with E-state index in [0.29, 0.717) is 18.7 Å². The van der Waals surface area contributed by atoms with Crippen molar-refractivity contribution in [3.63, 3.8) is 0 Å². The van der Waals surface area contributed by atoms with E-state index in [0.717, 1.165) is 35.0 Å². The highest BCUT2D eigenvalue weighted by atomic mass is 19.1. The van der Waals surface area contributed by atoms with Gasteiger partial charge in [0, 0.05) is 36.9 Å². The minimum atomic E-state index is -0.556.